The van der Waals surface area contributed by atoms with Crippen LogP contribution in [0.1, 0.15) is 44.5 Å². The Morgan fingerprint density at radius 3 is 2.78 bits per heavy atom. The molecule has 1 atom stereocenters. The summed E-state index contributed by atoms with van der Waals surface area (Å²) in [7, 11) is 0. The first-order valence-electron chi connectivity index (χ1n) is 6.78. The van der Waals surface area contributed by atoms with Gasteiger partial charge in [-0.05, 0) is 33.1 Å². The van der Waals surface area contributed by atoms with Crippen LogP contribution in [-0.2, 0) is 6.42 Å². The first-order chi connectivity index (χ1) is 8.67. The lowest BCUT2D eigenvalue weighted by molar-refractivity contribution is 0.716. The monoisotopic (exact) mass is 249 g/mol. The second kappa shape index (κ2) is 5.52. The number of hydrogen-bond donors (Lipinski definition) is 2. The van der Waals surface area contributed by atoms with Crippen molar-refractivity contribution >= 4 is 11.6 Å². The molecule has 1 aliphatic heterocycles. The van der Waals surface area contributed by atoms with E-state index in [0.29, 0.717) is 6.04 Å². The molecule has 0 bridgehead atoms. The van der Waals surface area contributed by atoms with Crippen molar-refractivity contribution in [3.63, 3.8) is 0 Å². The van der Waals surface area contributed by atoms with Crippen LogP contribution in [0.5, 0.6) is 0 Å². The van der Waals surface area contributed by atoms with Crippen LogP contribution in [0.15, 0.2) is 0 Å². The molecular weight excluding hydrogens is 226 g/mol. The molecule has 0 amide bonds. The van der Waals surface area contributed by atoms with Crippen LogP contribution in [0.4, 0.5) is 11.6 Å². The summed E-state index contributed by atoms with van der Waals surface area (Å²) in [5.74, 6) is 8.24. The number of hydrogen-bond acceptors (Lipinski definition) is 5. The summed E-state index contributed by atoms with van der Waals surface area (Å²) < 4.78 is 0. The Balaban J connectivity index is 2.40. The van der Waals surface area contributed by atoms with Crippen LogP contribution in [0.25, 0.3) is 0 Å². The number of rotatable bonds is 4. The number of nitrogens with two attached hydrogens (primary N) is 1. The molecule has 0 aliphatic carbocycles. The number of aryl methyl sites for hydroxylation is 1. The van der Waals surface area contributed by atoms with E-state index in [-0.39, 0.29) is 0 Å². The van der Waals surface area contributed by atoms with Gasteiger partial charge in [0.05, 0.1) is 0 Å². The maximum absolute atomic E-state index is 5.56. The molecule has 0 spiro atoms. The molecule has 100 valence electrons. The standard InChI is InChI=1S/C13H23N5/c1-4-6-11-15-12(17-14)10(3)13(16-11)18-8-5-7-9(18)2/h9H,4-8,14H2,1-3H3,(H,15,16,17). The molecule has 2 heterocycles. The summed E-state index contributed by atoms with van der Waals surface area (Å²) in [5.41, 5.74) is 3.74. The van der Waals surface area contributed by atoms with Crippen LogP contribution in [0, 0.1) is 6.92 Å². The molecule has 1 fully saturated rings. The Morgan fingerprint density at radius 1 is 1.44 bits per heavy atom. The molecule has 0 radical (unpaired) electrons. The molecule has 1 saturated heterocycles. The molecule has 0 saturated carbocycles. The second-order valence-corrected chi connectivity index (χ2v) is 5.02. The van der Waals surface area contributed by atoms with Gasteiger partial charge in [-0.1, -0.05) is 6.92 Å². The Bertz CT molecular complexity index is 418. The number of hydrazine groups is 1. The first-order valence-corrected chi connectivity index (χ1v) is 6.78. The SMILES string of the molecule is CCCc1nc(NN)c(C)c(N2CCCC2C)n1. The highest BCUT2D eigenvalue weighted by Crippen LogP contribution is 2.29. The third kappa shape index (κ3) is 2.41. The van der Waals surface area contributed by atoms with Crippen molar-refractivity contribution in [1.29, 1.82) is 0 Å². The highest BCUT2D eigenvalue weighted by molar-refractivity contribution is 5.59. The largest absolute Gasteiger partial charge is 0.354 e. The maximum Gasteiger partial charge on any atom is 0.148 e. The molecule has 0 aromatic carbocycles. The van der Waals surface area contributed by atoms with Gasteiger partial charge in [0.1, 0.15) is 17.5 Å². The number of anilines is 2. The number of aromatic nitrogens is 2. The molecule has 3 N–H and O–H groups in total. The average molecular weight is 249 g/mol. The van der Waals surface area contributed by atoms with E-state index in [4.69, 9.17) is 10.8 Å². The molecule has 5 heteroatoms. The normalized spacial score (nSPS) is 19.3. The van der Waals surface area contributed by atoms with Gasteiger partial charge in [0.25, 0.3) is 0 Å². The average Bonchev–Trinajstić information content (AvgIpc) is 2.78. The minimum Gasteiger partial charge on any atom is -0.354 e. The van der Waals surface area contributed by atoms with E-state index >= 15 is 0 Å². The number of nitrogens with zero attached hydrogens (tertiary/aromatic N) is 3. The van der Waals surface area contributed by atoms with Crippen LogP contribution in [0.2, 0.25) is 0 Å². The summed E-state index contributed by atoms with van der Waals surface area (Å²) in [5, 5.41) is 0. The van der Waals surface area contributed by atoms with E-state index in [1.807, 2.05) is 6.92 Å². The second-order valence-electron chi connectivity index (χ2n) is 5.02. The van der Waals surface area contributed by atoms with E-state index in [0.717, 1.165) is 42.4 Å². The molecular formula is C13H23N5. The van der Waals surface area contributed by atoms with Gasteiger partial charge < -0.3 is 10.3 Å². The lowest BCUT2D eigenvalue weighted by Crippen LogP contribution is -2.29. The summed E-state index contributed by atoms with van der Waals surface area (Å²) in [6, 6.07) is 0.554. The zero-order chi connectivity index (χ0) is 13.1. The summed E-state index contributed by atoms with van der Waals surface area (Å²) >= 11 is 0. The van der Waals surface area contributed by atoms with E-state index < -0.39 is 0 Å². The fourth-order valence-electron chi connectivity index (χ4n) is 2.55. The zero-order valence-electron chi connectivity index (χ0n) is 11.5. The quantitative estimate of drug-likeness (QED) is 0.631. The lowest BCUT2D eigenvalue weighted by atomic mass is 10.2. The topological polar surface area (TPSA) is 67.1 Å². The van der Waals surface area contributed by atoms with Crippen LogP contribution in [0.3, 0.4) is 0 Å². The molecule has 1 aromatic rings. The van der Waals surface area contributed by atoms with Gasteiger partial charge in [0.15, 0.2) is 0 Å². The smallest absolute Gasteiger partial charge is 0.148 e. The van der Waals surface area contributed by atoms with Crippen molar-refractivity contribution in [2.24, 2.45) is 5.84 Å². The zero-order valence-corrected chi connectivity index (χ0v) is 11.5. The van der Waals surface area contributed by atoms with Gasteiger partial charge >= 0.3 is 0 Å². The summed E-state index contributed by atoms with van der Waals surface area (Å²) in [6.07, 6.45) is 4.41. The third-order valence-electron chi connectivity index (χ3n) is 3.60. The summed E-state index contributed by atoms with van der Waals surface area (Å²) in [6.45, 7) is 7.50. The molecule has 18 heavy (non-hydrogen) atoms. The molecule has 1 unspecified atom stereocenters. The molecule has 2 rings (SSSR count). The molecule has 1 aromatic heterocycles. The van der Waals surface area contributed by atoms with Gasteiger partial charge in [-0.2, -0.15) is 0 Å². The fraction of sp³-hybridized carbons (Fsp3) is 0.692. The predicted octanol–water partition coefficient (Wildman–Crippen LogP) is 2.01. The van der Waals surface area contributed by atoms with Crippen molar-refractivity contribution < 1.29 is 0 Å². The van der Waals surface area contributed by atoms with Gasteiger partial charge in [0.2, 0.25) is 0 Å². The van der Waals surface area contributed by atoms with E-state index in [9.17, 15) is 0 Å². The van der Waals surface area contributed by atoms with Crippen LogP contribution in [-0.4, -0.2) is 22.6 Å². The minimum atomic E-state index is 0.554. The maximum atomic E-state index is 5.56. The van der Waals surface area contributed by atoms with E-state index in [2.05, 4.69) is 29.2 Å². The lowest BCUT2D eigenvalue weighted by Gasteiger charge is -2.25. The van der Waals surface area contributed by atoms with Gasteiger partial charge in [0, 0.05) is 24.6 Å². The Labute approximate surface area is 109 Å². The highest BCUT2D eigenvalue weighted by atomic mass is 15.3. The Morgan fingerprint density at radius 2 is 2.22 bits per heavy atom. The molecule has 5 nitrogen and oxygen atoms in total. The van der Waals surface area contributed by atoms with Crippen molar-refractivity contribution in [1.82, 2.24) is 9.97 Å². The first kappa shape index (κ1) is 13.1. The van der Waals surface area contributed by atoms with Crippen molar-refractivity contribution in [2.45, 2.75) is 52.5 Å². The minimum absolute atomic E-state index is 0.554. The highest BCUT2D eigenvalue weighted by Gasteiger charge is 2.24. The van der Waals surface area contributed by atoms with E-state index in [1.165, 1.54) is 12.8 Å². The van der Waals surface area contributed by atoms with Crippen LogP contribution >= 0.6 is 0 Å². The van der Waals surface area contributed by atoms with Crippen molar-refractivity contribution in [3.05, 3.63) is 11.4 Å². The van der Waals surface area contributed by atoms with Gasteiger partial charge in [-0.25, -0.2) is 15.8 Å². The third-order valence-corrected chi connectivity index (χ3v) is 3.60. The number of nitrogens with one attached hydrogen (secondary N) is 1. The Kier molecular flexibility index (Phi) is 4.01. The predicted molar refractivity (Wildman–Crippen MR) is 74.6 cm³/mol. The van der Waals surface area contributed by atoms with Gasteiger partial charge in [-0.3, -0.25) is 0 Å². The van der Waals surface area contributed by atoms with Gasteiger partial charge in [-0.15, -0.1) is 0 Å². The summed E-state index contributed by atoms with van der Waals surface area (Å²) in [4.78, 5) is 11.6. The van der Waals surface area contributed by atoms with Crippen molar-refractivity contribution in [3.8, 4) is 0 Å². The van der Waals surface area contributed by atoms with Crippen molar-refractivity contribution in [2.75, 3.05) is 16.9 Å². The van der Waals surface area contributed by atoms with Crippen LogP contribution < -0.4 is 16.2 Å². The molecule has 1 aliphatic rings. The van der Waals surface area contributed by atoms with E-state index in [1.54, 1.807) is 0 Å². The fourth-order valence-corrected chi connectivity index (χ4v) is 2.55. The Hall–Kier alpha value is -1.36. The number of nitrogen functional groups attached to an aromatic ring is 1.